The van der Waals surface area contributed by atoms with Gasteiger partial charge in [0.15, 0.2) is 0 Å². The molecule has 0 aliphatic heterocycles. The number of anilines is 6. The molecule has 0 unspecified atom stereocenters. The van der Waals surface area contributed by atoms with E-state index in [2.05, 4.69) is 108 Å². The number of nitrogens with two attached hydrogens (primary N) is 1. The first kappa shape index (κ1) is 40.4. The molecule has 9 rings (SSSR count). The van der Waals surface area contributed by atoms with Gasteiger partial charge in [0.05, 0.1) is 22.4 Å². The van der Waals surface area contributed by atoms with Gasteiger partial charge in [0.2, 0.25) is 0 Å². The lowest BCUT2D eigenvalue weighted by Gasteiger charge is -2.20. The summed E-state index contributed by atoms with van der Waals surface area (Å²) in [5, 5.41) is 20.1. The van der Waals surface area contributed by atoms with Gasteiger partial charge < -0.3 is 20.3 Å². The molecule has 2 heterocycles. The third-order valence-electron chi connectivity index (χ3n) is 10.3. The molecule has 5 N–H and O–H groups in total. The van der Waals surface area contributed by atoms with Gasteiger partial charge >= 0.3 is 6.09 Å². The van der Waals surface area contributed by atoms with Crippen molar-refractivity contribution >= 4 is 86.3 Å². The zero-order chi connectivity index (χ0) is 42.7. The van der Waals surface area contributed by atoms with Crippen LogP contribution in [0.4, 0.5) is 38.9 Å². The highest BCUT2D eigenvalue weighted by molar-refractivity contribution is 5.93. The van der Waals surface area contributed by atoms with Crippen LogP contribution in [0.3, 0.4) is 0 Å². The molecule has 306 valence electrons. The number of nitrogen functional groups attached to an aromatic ring is 1. The first-order valence-electron chi connectivity index (χ1n) is 20.2. The molecule has 0 spiro atoms. The molecule has 10 nitrogen and oxygen atoms in total. The Bertz CT molecular complexity index is 2960. The van der Waals surface area contributed by atoms with E-state index in [0.29, 0.717) is 5.69 Å². The third-order valence-corrected chi connectivity index (χ3v) is 10.3. The fourth-order valence-electron chi connectivity index (χ4n) is 6.91. The van der Waals surface area contributed by atoms with Crippen LogP contribution in [0, 0.1) is 0 Å². The number of ether oxygens (including phenoxy) is 1. The quantitative estimate of drug-likeness (QED) is 0.0957. The monoisotopic (exact) mass is 814 g/mol. The number of rotatable bonds is 11. The lowest BCUT2D eigenvalue weighted by atomic mass is 10.1. The fourth-order valence-corrected chi connectivity index (χ4v) is 6.91. The van der Waals surface area contributed by atoms with Crippen LogP contribution in [0.1, 0.15) is 28.1 Å². The lowest BCUT2D eigenvalue weighted by Crippen LogP contribution is -2.14. The normalized spacial score (nSPS) is 11.1. The number of H-pyrrole nitrogens is 2. The number of aromatic amines is 2. The van der Waals surface area contributed by atoms with Crippen LogP contribution in [-0.4, -0.2) is 40.6 Å². The fraction of sp³-hybridized carbons (Fsp3) is 0.0577. The van der Waals surface area contributed by atoms with Crippen molar-refractivity contribution in [3.05, 3.63) is 204 Å². The summed E-state index contributed by atoms with van der Waals surface area (Å²) < 4.78 is 5.34. The molecule has 0 aliphatic rings. The summed E-state index contributed by atoms with van der Waals surface area (Å²) in [5.41, 5.74) is 18.4. The number of benzene rings is 7. The van der Waals surface area contributed by atoms with E-state index in [1.54, 1.807) is 0 Å². The molecule has 0 aliphatic carbocycles. The van der Waals surface area contributed by atoms with Crippen LogP contribution >= 0.6 is 0 Å². The van der Waals surface area contributed by atoms with E-state index in [9.17, 15) is 4.79 Å². The predicted molar refractivity (Wildman–Crippen MR) is 257 cm³/mol. The summed E-state index contributed by atoms with van der Waals surface area (Å²) in [6.07, 6.45) is 7.69. The van der Waals surface area contributed by atoms with Gasteiger partial charge in [0.1, 0.15) is 6.61 Å². The highest BCUT2D eigenvalue weighted by Gasteiger charge is 2.12. The average molecular weight is 815 g/mol. The number of hydrogen-bond acceptors (Lipinski definition) is 7. The summed E-state index contributed by atoms with van der Waals surface area (Å²) in [6.45, 7) is 0.221. The molecule has 62 heavy (non-hydrogen) atoms. The third kappa shape index (κ3) is 10.1. The molecule has 0 fully saturated rings. The van der Waals surface area contributed by atoms with Crippen molar-refractivity contribution in [3.63, 3.8) is 0 Å². The Hall–Kier alpha value is -8.37. The second-order valence-electron chi connectivity index (χ2n) is 14.6. The van der Waals surface area contributed by atoms with E-state index in [1.807, 2.05) is 142 Å². The number of hydrogen-bond donors (Lipinski definition) is 4. The Morgan fingerprint density at radius 1 is 0.565 bits per heavy atom. The van der Waals surface area contributed by atoms with E-state index in [4.69, 9.17) is 10.5 Å². The van der Waals surface area contributed by atoms with Crippen molar-refractivity contribution in [2.75, 3.05) is 34.9 Å². The van der Waals surface area contributed by atoms with Crippen molar-refractivity contribution in [2.24, 2.45) is 0 Å². The molecule has 9 aromatic rings. The van der Waals surface area contributed by atoms with Gasteiger partial charge in [-0.25, -0.2) is 4.79 Å². The molecule has 7 aromatic carbocycles. The van der Waals surface area contributed by atoms with Crippen LogP contribution in [0.5, 0.6) is 0 Å². The molecular formula is C52H46N8O2. The van der Waals surface area contributed by atoms with Crippen molar-refractivity contribution in [2.45, 2.75) is 6.61 Å². The van der Waals surface area contributed by atoms with Crippen LogP contribution in [0.25, 0.3) is 46.1 Å². The summed E-state index contributed by atoms with van der Waals surface area (Å²) in [6, 6.07) is 58.0. The van der Waals surface area contributed by atoms with Crippen molar-refractivity contribution in [3.8, 4) is 0 Å². The second-order valence-corrected chi connectivity index (χ2v) is 14.6. The van der Waals surface area contributed by atoms with E-state index in [-0.39, 0.29) is 6.61 Å². The highest BCUT2D eigenvalue weighted by atomic mass is 16.5. The Morgan fingerprint density at radius 2 is 1.05 bits per heavy atom. The first-order chi connectivity index (χ1) is 30.4. The Morgan fingerprint density at radius 3 is 1.58 bits per heavy atom. The van der Waals surface area contributed by atoms with Gasteiger partial charge in [-0.05, 0) is 102 Å². The molecule has 0 radical (unpaired) electrons. The standard InChI is InChI=1S/C30H26N4O2.C22H20N4/c1-34(25-14-8-13-24(19-25)31-30(35)36-21-23-11-6-3-7-12-23)26-16-17-27-28(32-33-29(27)20-26)18-15-22-9-4-2-5-10-22;1-26(18-9-5-8-17(23)14-18)19-11-12-20-21(24-25-22(20)15-19)13-10-16-6-3-2-4-7-16/h2-20H,21H2,1H3,(H,31,35)(H,32,33);2-15H,23H2,1H3,(H,24,25)/b18-15+;13-10+. The van der Waals surface area contributed by atoms with E-state index in [0.717, 1.165) is 78.3 Å². The molecule has 0 bridgehead atoms. The number of aromatic nitrogens is 4. The summed E-state index contributed by atoms with van der Waals surface area (Å²) in [5.74, 6) is 0. The maximum Gasteiger partial charge on any atom is 0.411 e. The van der Waals surface area contributed by atoms with Crippen LogP contribution in [0.15, 0.2) is 176 Å². The van der Waals surface area contributed by atoms with Gasteiger partial charge in [-0.2, -0.15) is 10.2 Å². The minimum Gasteiger partial charge on any atom is -0.444 e. The minimum atomic E-state index is -0.492. The SMILES string of the molecule is CN(c1cccc(N)c1)c1ccc2c(/C=C/c3ccccc3)n[nH]c2c1.CN(c1cccc(NC(=O)OCc2ccccc2)c1)c1ccc2c(/C=C/c3ccccc3)n[nH]c2c1. The van der Waals surface area contributed by atoms with E-state index in [1.165, 1.54) is 0 Å². The van der Waals surface area contributed by atoms with Gasteiger partial charge in [-0.15, -0.1) is 0 Å². The number of nitrogens with zero attached hydrogens (tertiary/aromatic N) is 4. The van der Waals surface area contributed by atoms with Crippen LogP contribution < -0.4 is 20.9 Å². The van der Waals surface area contributed by atoms with Crippen LogP contribution in [-0.2, 0) is 11.3 Å². The lowest BCUT2D eigenvalue weighted by molar-refractivity contribution is 0.155. The number of nitrogens with one attached hydrogen (secondary N) is 3. The maximum absolute atomic E-state index is 12.3. The number of fused-ring (bicyclic) bond motifs is 2. The summed E-state index contributed by atoms with van der Waals surface area (Å²) in [7, 11) is 4.02. The maximum atomic E-state index is 12.3. The number of carbonyl (C=O) groups excluding carboxylic acids is 1. The molecule has 0 atom stereocenters. The Labute approximate surface area is 360 Å². The zero-order valence-corrected chi connectivity index (χ0v) is 34.4. The van der Waals surface area contributed by atoms with Crippen molar-refractivity contribution in [1.82, 2.24) is 20.4 Å². The molecule has 1 amide bonds. The summed E-state index contributed by atoms with van der Waals surface area (Å²) in [4.78, 5) is 16.4. The predicted octanol–water partition coefficient (Wildman–Crippen LogP) is 12.3. The van der Waals surface area contributed by atoms with Gasteiger partial charge in [-0.3, -0.25) is 15.5 Å². The second kappa shape index (κ2) is 19.1. The van der Waals surface area contributed by atoms with Crippen molar-refractivity contribution in [1.29, 1.82) is 0 Å². The molecule has 0 saturated carbocycles. The number of amides is 1. The van der Waals surface area contributed by atoms with Gasteiger partial charge in [-0.1, -0.05) is 115 Å². The first-order valence-corrected chi connectivity index (χ1v) is 20.2. The Balaban J connectivity index is 0.000000180. The molecule has 2 aromatic heterocycles. The highest BCUT2D eigenvalue weighted by Crippen LogP contribution is 2.31. The van der Waals surface area contributed by atoms with Crippen molar-refractivity contribution < 1.29 is 9.53 Å². The molecule has 10 heteroatoms. The topological polar surface area (TPSA) is 128 Å². The number of carbonyl (C=O) groups is 1. The van der Waals surface area contributed by atoms with E-state index >= 15 is 0 Å². The Kier molecular flexibility index (Phi) is 12.5. The smallest absolute Gasteiger partial charge is 0.411 e. The van der Waals surface area contributed by atoms with E-state index < -0.39 is 6.09 Å². The average Bonchev–Trinajstić information content (AvgIpc) is 3.93. The minimum absolute atomic E-state index is 0.221. The zero-order valence-electron chi connectivity index (χ0n) is 34.4. The van der Waals surface area contributed by atoms with Crippen LogP contribution in [0.2, 0.25) is 0 Å². The van der Waals surface area contributed by atoms with Gasteiger partial charge in [0.25, 0.3) is 0 Å². The largest absolute Gasteiger partial charge is 0.444 e. The molecular weight excluding hydrogens is 769 g/mol. The van der Waals surface area contributed by atoms with Gasteiger partial charge in [0, 0.05) is 59.0 Å². The summed E-state index contributed by atoms with van der Waals surface area (Å²) >= 11 is 0. The molecule has 0 saturated heterocycles.